The lowest BCUT2D eigenvalue weighted by molar-refractivity contribution is -0.126. The Morgan fingerprint density at radius 2 is 1.71 bits per heavy atom. The number of carbonyl (C=O) groups is 1. The molecule has 190 valence electrons. The topological polar surface area (TPSA) is 88.2 Å². The normalized spacial score (nSPS) is 21.2. The Morgan fingerprint density at radius 1 is 1.00 bits per heavy atom. The van der Waals surface area contributed by atoms with Gasteiger partial charge in [-0.25, -0.2) is 8.42 Å². The Bertz CT molecular complexity index is 922. The Kier molecular flexibility index (Phi) is 8.71. The second-order valence-electron chi connectivity index (χ2n) is 9.86. The van der Waals surface area contributed by atoms with E-state index in [9.17, 15) is 13.2 Å². The van der Waals surface area contributed by atoms with Crippen molar-refractivity contribution in [3.05, 3.63) is 18.2 Å². The minimum atomic E-state index is -3.63. The standard InChI is InChI=1S/C25H39N3O5S/c1-20-7-13-27(14-8-20)12-3-2-11-26-25(29)21-9-15-28(16-10-21)34(30,31)22-5-6-23-24(19-22)33-18-4-17-32-23/h5-6,19-21H,2-4,7-18H2,1H3,(H,26,29). The van der Waals surface area contributed by atoms with Crippen molar-refractivity contribution in [2.75, 3.05) is 52.5 Å². The molecule has 0 bridgehead atoms. The van der Waals surface area contributed by atoms with Crippen molar-refractivity contribution in [2.24, 2.45) is 11.8 Å². The van der Waals surface area contributed by atoms with E-state index < -0.39 is 10.0 Å². The van der Waals surface area contributed by atoms with Crippen molar-refractivity contribution in [2.45, 2.75) is 56.8 Å². The van der Waals surface area contributed by atoms with Crippen molar-refractivity contribution in [3.63, 3.8) is 0 Å². The van der Waals surface area contributed by atoms with E-state index >= 15 is 0 Å². The molecular formula is C25H39N3O5S. The van der Waals surface area contributed by atoms with Gasteiger partial charge < -0.3 is 19.7 Å². The predicted octanol–water partition coefficient (Wildman–Crippen LogP) is 2.88. The first kappa shape index (κ1) is 25.3. The maximum absolute atomic E-state index is 13.2. The summed E-state index contributed by atoms with van der Waals surface area (Å²) in [6.45, 7) is 8.29. The number of hydrogen-bond acceptors (Lipinski definition) is 6. The maximum atomic E-state index is 13.2. The summed E-state index contributed by atoms with van der Waals surface area (Å²) in [6, 6.07) is 4.80. The van der Waals surface area contributed by atoms with Crippen LogP contribution in [0.2, 0.25) is 0 Å². The highest BCUT2D eigenvalue weighted by Gasteiger charge is 2.32. The molecule has 0 aromatic heterocycles. The van der Waals surface area contributed by atoms with Crippen LogP contribution < -0.4 is 14.8 Å². The first-order chi connectivity index (χ1) is 16.4. The number of nitrogens with zero attached hydrogens (tertiary/aromatic N) is 2. The third-order valence-electron chi connectivity index (χ3n) is 7.26. The van der Waals surface area contributed by atoms with Gasteiger partial charge in [0.25, 0.3) is 0 Å². The van der Waals surface area contributed by atoms with Crippen molar-refractivity contribution >= 4 is 15.9 Å². The molecule has 34 heavy (non-hydrogen) atoms. The Hall–Kier alpha value is -1.84. The van der Waals surface area contributed by atoms with Crippen LogP contribution >= 0.6 is 0 Å². The van der Waals surface area contributed by atoms with Gasteiger partial charge in [0.15, 0.2) is 11.5 Å². The molecule has 2 fully saturated rings. The van der Waals surface area contributed by atoms with E-state index in [2.05, 4.69) is 17.1 Å². The smallest absolute Gasteiger partial charge is 0.243 e. The van der Waals surface area contributed by atoms with E-state index in [0.717, 1.165) is 31.7 Å². The number of nitrogens with one attached hydrogen (secondary N) is 1. The summed E-state index contributed by atoms with van der Waals surface area (Å²) < 4.78 is 39.0. The molecule has 2 saturated heterocycles. The largest absolute Gasteiger partial charge is 0.490 e. The number of benzene rings is 1. The van der Waals surface area contributed by atoms with Crippen molar-refractivity contribution < 1.29 is 22.7 Å². The minimum absolute atomic E-state index is 0.0550. The van der Waals surface area contributed by atoms with Crippen LogP contribution in [0, 0.1) is 11.8 Å². The van der Waals surface area contributed by atoms with E-state index in [4.69, 9.17) is 9.47 Å². The average molecular weight is 494 g/mol. The van der Waals surface area contributed by atoms with Gasteiger partial charge in [-0.3, -0.25) is 4.79 Å². The Labute approximate surface area is 204 Å². The molecule has 0 spiro atoms. The molecule has 0 radical (unpaired) electrons. The van der Waals surface area contributed by atoms with E-state index in [1.807, 2.05) is 0 Å². The van der Waals surface area contributed by atoms with Crippen LogP contribution in [0.1, 0.15) is 51.9 Å². The fraction of sp³-hybridized carbons (Fsp3) is 0.720. The molecule has 3 aliphatic heterocycles. The van der Waals surface area contributed by atoms with Crippen LogP contribution in [0.3, 0.4) is 0 Å². The molecule has 0 aliphatic carbocycles. The summed E-state index contributed by atoms with van der Waals surface area (Å²) in [6.07, 6.45) is 6.52. The zero-order valence-electron chi connectivity index (χ0n) is 20.3. The molecule has 3 heterocycles. The average Bonchev–Trinajstić information content (AvgIpc) is 3.10. The second kappa shape index (κ2) is 11.7. The summed E-state index contributed by atoms with van der Waals surface area (Å²) in [7, 11) is -3.63. The molecule has 1 amide bonds. The van der Waals surface area contributed by atoms with E-state index in [-0.39, 0.29) is 16.7 Å². The summed E-state index contributed by atoms with van der Waals surface area (Å²) in [5.41, 5.74) is 0. The van der Waals surface area contributed by atoms with Crippen LogP contribution in [0.15, 0.2) is 23.1 Å². The van der Waals surface area contributed by atoms with Crippen LogP contribution in [0.5, 0.6) is 11.5 Å². The lowest BCUT2D eigenvalue weighted by atomic mass is 9.97. The van der Waals surface area contributed by atoms with Gasteiger partial charge in [-0.05, 0) is 76.2 Å². The van der Waals surface area contributed by atoms with E-state index in [0.29, 0.717) is 57.2 Å². The number of unbranched alkanes of at least 4 members (excludes halogenated alkanes) is 1. The second-order valence-corrected chi connectivity index (χ2v) is 11.8. The molecule has 0 saturated carbocycles. The Morgan fingerprint density at radius 3 is 2.44 bits per heavy atom. The molecule has 0 atom stereocenters. The van der Waals surface area contributed by atoms with E-state index in [1.54, 1.807) is 18.2 Å². The maximum Gasteiger partial charge on any atom is 0.243 e. The van der Waals surface area contributed by atoms with Gasteiger partial charge in [-0.2, -0.15) is 4.31 Å². The van der Waals surface area contributed by atoms with Crippen LogP contribution in [-0.2, 0) is 14.8 Å². The molecule has 8 nitrogen and oxygen atoms in total. The fourth-order valence-electron chi connectivity index (χ4n) is 4.91. The van der Waals surface area contributed by atoms with Crippen molar-refractivity contribution in [1.29, 1.82) is 0 Å². The minimum Gasteiger partial charge on any atom is -0.490 e. The molecule has 0 unspecified atom stereocenters. The molecule has 1 aromatic carbocycles. The molecule has 1 N–H and O–H groups in total. The monoisotopic (exact) mass is 493 g/mol. The van der Waals surface area contributed by atoms with E-state index in [1.165, 1.54) is 30.2 Å². The van der Waals surface area contributed by atoms with Crippen LogP contribution in [0.4, 0.5) is 0 Å². The zero-order chi connectivity index (χ0) is 24.0. The summed E-state index contributed by atoms with van der Waals surface area (Å²) in [5.74, 6) is 1.83. The number of fused-ring (bicyclic) bond motifs is 1. The summed E-state index contributed by atoms with van der Waals surface area (Å²) in [5, 5.41) is 3.07. The van der Waals surface area contributed by atoms with Gasteiger partial charge >= 0.3 is 0 Å². The number of carbonyl (C=O) groups excluding carboxylic acids is 1. The third kappa shape index (κ3) is 6.43. The van der Waals surface area contributed by atoms with Crippen molar-refractivity contribution in [3.8, 4) is 11.5 Å². The van der Waals surface area contributed by atoms with Gasteiger partial charge in [0.1, 0.15) is 0 Å². The third-order valence-corrected chi connectivity index (χ3v) is 9.15. The number of sulfonamides is 1. The highest BCUT2D eigenvalue weighted by Crippen LogP contribution is 2.33. The van der Waals surface area contributed by atoms with Crippen LogP contribution in [-0.4, -0.2) is 76.0 Å². The highest BCUT2D eigenvalue weighted by molar-refractivity contribution is 7.89. The van der Waals surface area contributed by atoms with Crippen LogP contribution in [0.25, 0.3) is 0 Å². The van der Waals surface area contributed by atoms with Gasteiger partial charge in [0.2, 0.25) is 15.9 Å². The highest BCUT2D eigenvalue weighted by atomic mass is 32.2. The first-order valence-corrected chi connectivity index (χ1v) is 14.3. The summed E-state index contributed by atoms with van der Waals surface area (Å²) >= 11 is 0. The van der Waals surface area contributed by atoms with Gasteiger partial charge in [-0.15, -0.1) is 0 Å². The zero-order valence-corrected chi connectivity index (χ0v) is 21.2. The quantitative estimate of drug-likeness (QED) is 0.561. The number of ether oxygens (including phenoxy) is 2. The molecule has 9 heteroatoms. The van der Waals surface area contributed by atoms with Gasteiger partial charge in [-0.1, -0.05) is 6.92 Å². The number of likely N-dealkylation sites (tertiary alicyclic amines) is 1. The SMILES string of the molecule is CC1CCN(CCCCNC(=O)C2CCN(S(=O)(=O)c3ccc4c(c3)OCCCO4)CC2)CC1. The molecule has 4 rings (SSSR count). The lowest BCUT2D eigenvalue weighted by Gasteiger charge is -2.31. The summed E-state index contributed by atoms with van der Waals surface area (Å²) in [4.78, 5) is 15.3. The molecule has 1 aromatic rings. The Balaban J connectivity index is 1.19. The predicted molar refractivity (Wildman–Crippen MR) is 131 cm³/mol. The molecular weight excluding hydrogens is 454 g/mol. The number of piperidine rings is 2. The number of hydrogen-bond donors (Lipinski definition) is 1. The fourth-order valence-corrected chi connectivity index (χ4v) is 6.40. The lowest BCUT2D eigenvalue weighted by Crippen LogP contribution is -2.43. The van der Waals surface area contributed by atoms with Gasteiger partial charge in [0, 0.05) is 38.0 Å². The van der Waals surface area contributed by atoms with Gasteiger partial charge in [0.05, 0.1) is 18.1 Å². The van der Waals surface area contributed by atoms with Crippen molar-refractivity contribution in [1.82, 2.24) is 14.5 Å². The molecule has 3 aliphatic rings. The first-order valence-electron chi connectivity index (χ1n) is 12.8. The number of rotatable bonds is 8. The number of amides is 1.